The number of hydrogen-bond donors (Lipinski definition) is 2. The third-order valence-corrected chi connectivity index (χ3v) is 11.6. The lowest BCUT2D eigenvalue weighted by atomic mass is 10.2. The lowest BCUT2D eigenvalue weighted by Gasteiger charge is -2.25. The summed E-state index contributed by atoms with van der Waals surface area (Å²) in [5, 5.41) is 40.2. The summed E-state index contributed by atoms with van der Waals surface area (Å²) in [6.07, 6.45) is 2.12. The summed E-state index contributed by atoms with van der Waals surface area (Å²) in [6, 6.07) is 22.2. The number of nitrogens with one attached hydrogen (secondary N) is 2. The number of amides is 3. The van der Waals surface area contributed by atoms with Gasteiger partial charge in [-0.1, -0.05) is 61.2 Å². The van der Waals surface area contributed by atoms with Gasteiger partial charge in [-0.05, 0) is 147 Å². The second-order valence-corrected chi connectivity index (χ2v) is 23.1. The molecule has 0 aliphatic heterocycles. The molecule has 4 aromatic carbocycles. The maximum absolute atomic E-state index is 12.1. The molecule has 0 aliphatic rings. The first-order valence-corrected chi connectivity index (χ1v) is 27.8. The third kappa shape index (κ3) is 23.8. The van der Waals surface area contributed by atoms with Gasteiger partial charge >= 0.3 is 18.3 Å². The Balaban J connectivity index is 0.000000357. The number of sulfonamides is 3. The van der Waals surface area contributed by atoms with Crippen molar-refractivity contribution in [1.29, 1.82) is 0 Å². The van der Waals surface area contributed by atoms with Crippen molar-refractivity contribution in [1.82, 2.24) is 0 Å². The van der Waals surface area contributed by atoms with Crippen molar-refractivity contribution in [2.45, 2.75) is 33.0 Å². The Labute approximate surface area is 440 Å². The van der Waals surface area contributed by atoms with Crippen LogP contribution in [-0.4, -0.2) is 99.2 Å². The Morgan fingerprint density at radius 3 is 1.41 bits per heavy atom. The summed E-state index contributed by atoms with van der Waals surface area (Å²) >= 11 is 5.76. The summed E-state index contributed by atoms with van der Waals surface area (Å²) in [5.74, 6) is -2.58. The third-order valence-electron chi connectivity index (χ3n) is 7.42. The Morgan fingerprint density at radius 1 is 0.652 bits per heavy atom. The van der Waals surface area contributed by atoms with E-state index in [1.54, 1.807) is 27.8 Å². The van der Waals surface area contributed by atoms with Gasteiger partial charge in [-0.25, -0.2) is 39.6 Å². The van der Waals surface area contributed by atoms with E-state index in [0.717, 1.165) is 24.3 Å². The smallest absolute Gasteiger partial charge is 0.414 e. The van der Waals surface area contributed by atoms with Crippen molar-refractivity contribution >= 4 is 151 Å². The normalized spacial score (nSPS) is 12.2. The number of nitrogens with zero attached hydrogens (tertiary/aromatic N) is 4. The maximum atomic E-state index is 12.1. The number of anilines is 3. The Kier molecular flexibility index (Phi) is 23.3. The van der Waals surface area contributed by atoms with Crippen LogP contribution in [0.15, 0.2) is 111 Å². The molecule has 374 valence electrons. The molecule has 0 saturated heterocycles. The number of halogens is 3. The van der Waals surface area contributed by atoms with Crippen molar-refractivity contribution in [3.8, 4) is 0 Å². The highest BCUT2D eigenvalue weighted by atomic mass is 127. The van der Waals surface area contributed by atoms with Crippen LogP contribution in [0.25, 0.3) is 0 Å². The van der Waals surface area contributed by atoms with Crippen molar-refractivity contribution in [3.63, 3.8) is 0 Å². The van der Waals surface area contributed by atoms with Gasteiger partial charge < -0.3 is 29.5 Å². The predicted octanol–water partition coefficient (Wildman–Crippen LogP) is 4.93. The van der Waals surface area contributed by atoms with E-state index in [2.05, 4.69) is 30.4 Å². The lowest BCUT2D eigenvalue weighted by molar-refractivity contribution is -0.213. The molecule has 0 unspecified atom stereocenters. The van der Waals surface area contributed by atoms with E-state index >= 15 is 0 Å². The molecule has 0 aromatic heterocycles. The standard InChI is InChI=1S/C16H15IN2O5S.C14H19IN2O5S.C12H13IN2O5S/c1-25(22,23)19-15(20)12-7-8-14(13(17)9-12)18-16(21)24-10-11-5-3-2-4-6-11;1-14(2,3)22-13(19)17(4)11-7-6-9(8-10(11)15)12(18)16-23(5,20)21;1-3-6-20-12(17)14-10-5-4-8(7-9(10)13)11(16)15-21(2,18)19/h2-9H,10H2,1H3,(H,18,21)(H,19,20);6-8H,1-5H3,(H,16,18);3-5,7H,1,6H2,2H3,(H,14,17)(H,15,16)/p-3. The fourth-order valence-corrected chi connectivity index (χ4v) is 8.00. The van der Waals surface area contributed by atoms with Gasteiger partial charge in [0.15, 0.2) is 0 Å². The number of rotatable bonds is 13. The Morgan fingerprint density at radius 2 is 1.04 bits per heavy atom. The molecule has 0 atom stereocenters. The minimum absolute atomic E-state index is 0.0756. The molecule has 21 nitrogen and oxygen atoms in total. The van der Waals surface area contributed by atoms with Crippen LogP contribution < -0.4 is 30.9 Å². The van der Waals surface area contributed by atoms with Crippen molar-refractivity contribution in [2.24, 2.45) is 13.2 Å². The lowest BCUT2D eigenvalue weighted by Crippen LogP contribution is -2.34. The molecule has 0 spiro atoms. The van der Waals surface area contributed by atoms with Gasteiger partial charge in [0.25, 0.3) is 0 Å². The van der Waals surface area contributed by atoms with Gasteiger partial charge in [-0.2, -0.15) is 13.2 Å². The highest BCUT2D eigenvalue weighted by Crippen LogP contribution is 2.25. The zero-order chi connectivity index (χ0) is 52.5. The molecule has 0 fully saturated rings. The van der Waals surface area contributed by atoms with Crippen LogP contribution in [0.4, 0.5) is 31.4 Å². The summed E-state index contributed by atoms with van der Waals surface area (Å²) in [6.45, 7) is 8.91. The van der Waals surface area contributed by atoms with E-state index in [-0.39, 0.29) is 29.9 Å². The first-order valence-electron chi connectivity index (χ1n) is 19.1. The first-order chi connectivity index (χ1) is 31.8. The number of carbonyl (C=O) groups excluding carboxylic acids is 3. The van der Waals surface area contributed by atoms with Crippen LogP contribution in [0, 0.1) is 10.7 Å². The van der Waals surface area contributed by atoms with Gasteiger partial charge in [0, 0.05) is 35.5 Å². The summed E-state index contributed by atoms with van der Waals surface area (Å²) < 4.78 is 92.1. The van der Waals surface area contributed by atoms with Crippen molar-refractivity contribution in [2.75, 3.05) is 48.0 Å². The number of ether oxygens (including phenoxy) is 3. The number of carbonyl (C=O) groups is 3. The van der Waals surface area contributed by atoms with Crippen LogP contribution in [0.1, 0.15) is 43.0 Å². The second kappa shape index (κ2) is 26.7. The molecule has 0 radical (unpaired) electrons. The Hall–Kier alpha value is -5.12. The zero-order valence-corrected chi connectivity index (χ0v) is 46.5. The van der Waals surface area contributed by atoms with Crippen LogP contribution >= 0.6 is 67.8 Å². The molecule has 3 amide bonds. The average Bonchev–Trinajstić information content (AvgIpc) is 3.21. The zero-order valence-electron chi connectivity index (χ0n) is 37.6. The molecule has 27 heteroatoms. The molecule has 4 aromatic rings. The molecular weight excluding hydrogens is 1310 g/mol. The molecule has 0 heterocycles. The second-order valence-electron chi connectivity index (χ2n) is 14.7. The Bertz CT molecular complexity index is 2950. The van der Waals surface area contributed by atoms with Gasteiger partial charge in [-0.15, -0.1) is 0 Å². The number of hydrogen-bond acceptors (Lipinski definition) is 15. The molecule has 2 N–H and O–H groups in total. The minimum Gasteiger partial charge on any atom is -0.858 e. The minimum atomic E-state index is -3.76. The maximum Gasteiger partial charge on any atom is 0.414 e. The largest absolute Gasteiger partial charge is 0.858 e. The summed E-state index contributed by atoms with van der Waals surface area (Å²) in [4.78, 5) is 36.6. The molecule has 0 bridgehead atoms. The van der Waals surface area contributed by atoms with Crippen LogP contribution in [0.5, 0.6) is 0 Å². The van der Waals surface area contributed by atoms with Crippen molar-refractivity contribution < 1.29 is 69.2 Å². The van der Waals surface area contributed by atoms with Crippen LogP contribution in [0.2, 0.25) is 0 Å². The SMILES string of the molecule is C=CCOC(=O)Nc1ccc(C([O-])=NS(C)(=O)=O)cc1I.CN(C(=O)OC(C)(C)C)c1ccc(C([O-])=NS(C)(=O)=O)cc1I.CS(=O)(=O)N=C([O-])c1ccc(NC(=O)OCc2ccccc2)c(I)c1. The van der Waals surface area contributed by atoms with E-state index in [1.807, 2.05) is 98.1 Å². The van der Waals surface area contributed by atoms with E-state index < -0.39 is 71.6 Å². The van der Waals surface area contributed by atoms with Crippen LogP contribution in [-0.2, 0) is 50.9 Å². The van der Waals surface area contributed by atoms with Crippen molar-refractivity contribution in [3.05, 3.63) is 131 Å². The van der Waals surface area contributed by atoms with E-state index in [0.29, 0.717) is 27.8 Å². The van der Waals surface area contributed by atoms with Gasteiger partial charge in [0.05, 0.1) is 35.8 Å². The molecule has 4 rings (SSSR count). The molecule has 69 heavy (non-hydrogen) atoms. The monoisotopic (exact) mass is 1350 g/mol. The molecular formula is C42H44I3N6O15S3-3. The number of benzene rings is 4. The highest BCUT2D eigenvalue weighted by Gasteiger charge is 2.22. The van der Waals surface area contributed by atoms with Crippen LogP contribution in [0.3, 0.4) is 0 Å². The van der Waals surface area contributed by atoms with E-state index in [9.17, 15) is 55.0 Å². The topological polar surface area (TPSA) is 315 Å². The quantitative estimate of drug-likeness (QED) is 0.0590. The average molecular weight is 1350 g/mol. The molecule has 0 saturated carbocycles. The summed E-state index contributed by atoms with van der Waals surface area (Å²) in [7, 11) is -9.72. The fourth-order valence-electron chi connectivity index (χ4n) is 4.60. The first kappa shape index (κ1) is 60.0. The fraction of sp³-hybridized carbons (Fsp3) is 0.238. The summed E-state index contributed by atoms with van der Waals surface area (Å²) in [5.41, 5.74) is 1.98. The highest BCUT2D eigenvalue weighted by molar-refractivity contribution is 14.1. The van der Waals surface area contributed by atoms with Gasteiger partial charge in [-0.3, -0.25) is 15.5 Å². The van der Waals surface area contributed by atoms with E-state index in [1.165, 1.54) is 65.6 Å². The van der Waals surface area contributed by atoms with Gasteiger partial charge in [0.1, 0.15) is 18.8 Å². The predicted molar refractivity (Wildman–Crippen MR) is 282 cm³/mol. The van der Waals surface area contributed by atoms with E-state index in [4.69, 9.17) is 14.2 Å². The molecule has 0 aliphatic carbocycles. The van der Waals surface area contributed by atoms with Gasteiger partial charge in [0.2, 0.25) is 30.1 Å².